The zero-order valence-electron chi connectivity index (χ0n) is 14.4. The second kappa shape index (κ2) is 7.28. The third-order valence-electron chi connectivity index (χ3n) is 4.12. The molecule has 0 aromatic heterocycles. The lowest BCUT2D eigenvalue weighted by Gasteiger charge is -2.14. The Labute approximate surface area is 157 Å². The van der Waals surface area contributed by atoms with Crippen LogP contribution in [0, 0.1) is 0 Å². The molecule has 1 unspecified atom stereocenters. The maximum Gasteiger partial charge on any atom is 0.584 e. The summed E-state index contributed by atoms with van der Waals surface area (Å²) in [5, 5.41) is 2.34. The molecule has 4 rings (SSSR count). The van der Waals surface area contributed by atoms with Crippen LogP contribution in [0.2, 0.25) is 0 Å². The average Bonchev–Trinajstić information content (AvgIpc) is 2.68. The first-order valence-electron chi connectivity index (χ1n) is 8.45. The van der Waals surface area contributed by atoms with Gasteiger partial charge in [0.1, 0.15) is 11.5 Å². The second-order valence-corrected chi connectivity index (χ2v) is 7.35. The Morgan fingerprint density at radius 3 is 1.85 bits per heavy atom. The number of fused-ring (bicyclic) bond motifs is 1. The third-order valence-corrected chi connectivity index (χ3v) is 5.00. The smallest absolute Gasteiger partial charge is 0.395 e. The molecule has 0 saturated carbocycles. The molecule has 0 radical (unpaired) electrons. The minimum absolute atomic E-state index is 0.265. The quantitative estimate of drug-likeness (QED) is 0.430. The summed E-state index contributed by atoms with van der Waals surface area (Å²) in [4.78, 5) is 9.94. The summed E-state index contributed by atoms with van der Waals surface area (Å²) in [5.41, 5.74) is 2.05. The van der Waals surface area contributed by atoms with Gasteiger partial charge in [-0.1, -0.05) is 66.7 Å². The van der Waals surface area contributed by atoms with E-state index in [1.807, 2.05) is 30.3 Å². The van der Waals surface area contributed by atoms with Crippen LogP contribution in [0.4, 0.5) is 0 Å². The van der Waals surface area contributed by atoms with Gasteiger partial charge in [-0.3, -0.25) is 4.89 Å². The largest absolute Gasteiger partial charge is 0.584 e. The molecule has 0 saturated heterocycles. The van der Waals surface area contributed by atoms with E-state index >= 15 is 0 Å². The zero-order chi connectivity index (χ0) is 18.7. The zero-order valence-corrected chi connectivity index (χ0v) is 15.3. The van der Waals surface area contributed by atoms with Crippen molar-refractivity contribution < 1.29 is 18.5 Å². The molecule has 0 bridgehead atoms. The Bertz CT molecular complexity index is 1110. The molecule has 0 aliphatic carbocycles. The van der Waals surface area contributed by atoms with E-state index in [9.17, 15) is 9.46 Å². The molecule has 1 atom stereocenters. The van der Waals surface area contributed by atoms with Gasteiger partial charge in [0.15, 0.2) is 0 Å². The molecule has 4 aromatic carbocycles. The highest BCUT2D eigenvalue weighted by Crippen LogP contribution is 2.44. The van der Waals surface area contributed by atoms with E-state index in [2.05, 4.69) is 24.3 Å². The van der Waals surface area contributed by atoms with Gasteiger partial charge in [-0.05, 0) is 52.2 Å². The van der Waals surface area contributed by atoms with Crippen molar-refractivity contribution in [3.63, 3.8) is 0 Å². The number of hydrogen-bond donors (Lipinski definition) is 1. The highest BCUT2D eigenvalue weighted by Gasteiger charge is 2.24. The second-order valence-electron chi connectivity index (χ2n) is 6.05. The number of para-hydroxylation sites is 1. The molecule has 0 aliphatic rings. The summed E-state index contributed by atoms with van der Waals surface area (Å²) in [7, 11) is -4.26. The molecule has 134 valence electrons. The van der Waals surface area contributed by atoms with Crippen LogP contribution < -0.4 is 9.05 Å². The number of rotatable bonds is 5. The van der Waals surface area contributed by atoms with Gasteiger partial charge in [0.2, 0.25) is 0 Å². The van der Waals surface area contributed by atoms with Gasteiger partial charge in [-0.2, -0.15) is 0 Å². The van der Waals surface area contributed by atoms with Crippen LogP contribution in [-0.2, 0) is 4.57 Å². The first-order chi connectivity index (χ1) is 13.1. The Morgan fingerprint density at radius 1 is 0.593 bits per heavy atom. The average molecular weight is 376 g/mol. The van der Waals surface area contributed by atoms with Gasteiger partial charge in [-0.25, -0.2) is 4.57 Å². The molecule has 27 heavy (non-hydrogen) atoms. The predicted molar refractivity (Wildman–Crippen MR) is 107 cm³/mol. The molecule has 5 heteroatoms. The Kier molecular flexibility index (Phi) is 4.68. The van der Waals surface area contributed by atoms with Gasteiger partial charge in [-0.15, -0.1) is 0 Å². The fourth-order valence-corrected chi connectivity index (χ4v) is 3.66. The van der Waals surface area contributed by atoms with Crippen LogP contribution in [0.5, 0.6) is 11.5 Å². The Hall–Kier alpha value is -3.07. The van der Waals surface area contributed by atoms with Crippen LogP contribution in [0.15, 0.2) is 97.1 Å². The van der Waals surface area contributed by atoms with Gasteiger partial charge in [0.25, 0.3) is 0 Å². The van der Waals surface area contributed by atoms with E-state index in [1.54, 1.807) is 42.5 Å². The van der Waals surface area contributed by atoms with E-state index in [1.165, 1.54) is 5.39 Å². The van der Waals surface area contributed by atoms with E-state index in [0.29, 0.717) is 0 Å². The van der Waals surface area contributed by atoms with Gasteiger partial charge >= 0.3 is 7.82 Å². The standard InChI is InChI=1S/C22H17O4P/c23-27(24,25-21-8-2-1-3-9-21)26-22-14-12-18(13-15-22)20-11-10-17-6-4-5-7-19(17)16-20/h1-16H,(H,23,24). The molecular weight excluding hydrogens is 359 g/mol. The van der Waals surface area contributed by atoms with Crippen molar-refractivity contribution in [2.24, 2.45) is 0 Å². The van der Waals surface area contributed by atoms with Crippen LogP contribution in [-0.4, -0.2) is 4.89 Å². The van der Waals surface area contributed by atoms with Crippen LogP contribution in [0.1, 0.15) is 0 Å². The van der Waals surface area contributed by atoms with Crippen molar-refractivity contribution in [1.82, 2.24) is 0 Å². The predicted octanol–water partition coefficient (Wildman–Crippen LogP) is 6.07. The van der Waals surface area contributed by atoms with Crippen molar-refractivity contribution in [1.29, 1.82) is 0 Å². The Morgan fingerprint density at radius 2 is 1.15 bits per heavy atom. The number of phosphoric acid groups is 1. The summed E-state index contributed by atoms with van der Waals surface area (Å²) in [6.07, 6.45) is 0. The fraction of sp³-hybridized carbons (Fsp3) is 0. The first-order valence-corrected chi connectivity index (χ1v) is 9.95. The highest BCUT2D eigenvalue weighted by atomic mass is 31.2. The summed E-state index contributed by atoms with van der Waals surface area (Å²) in [6, 6.07) is 29.8. The minimum Gasteiger partial charge on any atom is -0.395 e. The monoisotopic (exact) mass is 376 g/mol. The van der Waals surface area contributed by atoms with E-state index < -0.39 is 7.82 Å². The van der Waals surface area contributed by atoms with Gasteiger partial charge in [0.05, 0.1) is 0 Å². The lowest BCUT2D eigenvalue weighted by atomic mass is 10.0. The maximum absolute atomic E-state index is 12.2. The lowest BCUT2D eigenvalue weighted by molar-refractivity contribution is 0.291. The van der Waals surface area contributed by atoms with E-state index in [4.69, 9.17) is 9.05 Å². The number of benzene rings is 4. The van der Waals surface area contributed by atoms with Crippen molar-refractivity contribution in [2.45, 2.75) is 0 Å². The van der Waals surface area contributed by atoms with Crippen LogP contribution in [0.3, 0.4) is 0 Å². The SMILES string of the molecule is O=P(O)(Oc1ccccc1)Oc1ccc(-c2ccc3ccccc3c2)cc1. The summed E-state index contributed by atoms with van der Waals surface area (Å²) in [5.74, 6) is 0.539. The third kappa shape index (κ3) is 4.20. The van der Waals surface area contributed by atoms with Crippen molar-refractivity contribution >= 4 is 18.6 Å². The molecule has 0 aliphatic heterocycles. The van der Waals surface area contributed by atoms with Crippen molar-refractivity contribution in [2.75, 3.05) is 0 Å². The number of phosphoric ester groups is 1. The molecule has 0 fully saturated rings. The maximum atomic E-state index is 12.2. The molecule has 4 nitrogen and oxygen atoms in total. The summed E-state index contributed by atoms with van der Waals surface area (Å²) < 4.78 is 22.4. The topological polar surface area (TPSA) is 55.8 Å². The van der Waals surface area contributed by atoms with E-state index in [0.717, 1.165) is 16.5 Å². The molecule has 1 N–H and O–H groups in total. The highest BCUT2D eigenvalue weighted by molar-refractivity contribution is 7.48. The van der Waals surface area contributed by atoms with Gasteiger partial charge in [0, 0.05) is 0 Å². The minimum atomic E-state index is -4.26. The lowest BCUT2D eigenvalue weighted by Crippen LogP contribution is -1.99. The van der Waals surface area contributed by atoms with Gasteiger partial charge < -0.3 is 9.05 Å². The normalized spacial score (nSPS) is 13.1. The fourth-order valence-electron chi connectivity index (χ4n) is 2.84. The Balaban J connectivity index is 1.52. The molecule has 4 aromatic rings. The first kappa shape index (κ1) is 17.3. The molecule has 0 spiro atoms. The molecule has 0 heterocycles. The molecular formula is C22H17O4P. The number of hydrogen-bond acceptors (Lipinski definition) is 3. The van der Waals surface area contributed by atoms with E-state index in [-0.39, 0.29) is 11.5 Å². The molecule has 0 amide bonds. The van der Waals surface area contributed by atoms with Crippen LogP contribution >= 0.6 is 7.82 Å². The van der Waals surface area contributed by atoms with Crippen molar-refractivity contribution in [3.05, 3.63) is 97.1 Å². The van der Waals surface area contributed by atoms with Crippen LogP contribution in [0.25, 0.3) is 21.9 Å². The summed E-state index contributed by atoms with van der Waals surface area (Å²) >= 11 is 0. The summed E-state index contributed by atoms with van der Waals surface area (Å²) in [6.45, 7) is 0. The van der Waals surface area contributed by atoms with Crippen molar-refractivity contribution in [3.8, 4) is 22.6 Å².